The van der Waals surface area contributed by atoms with E-state index in [-0.39, 0.29) is 11.4 Å². The molecule has 1 aromatic carbocycles. The zero-order valence-electron chi connectivity index (χ0n) is 5.26. The highest BCUT2D eigenvalue weighted by atomic mass is 19.1. The summed E-state index contributed by atoms with van der Waals surface area (Å²) in [5, 5.41) is 11.1. The Bertz CT molecular complexity index is 237. The van der Waals surface area contributed by atoms with E-state index in [0.29, 0.717) is 0 Å². The minimum Gasteiger partial charge on any atom is -0.508 e. The van der Waals surface area contributed by atoms with Crippen LogP contribution in [-0.2, 0) is 0 Å². The summed E-state index contributed by atoms with van der Waals surface area (Å²) in [7, 11) is 3.27. The Kier molecular flexibility index (Phi) is 1.76. The fraction of sp³-hybridized carbons (Fsp3) is 0. The number of aromatic hydroxyl groups is 1. The number of rotatable bonds is 1. The van der Waals surface area contributed by atoms with Crippen LogP contribution in [0.3, 0.4) is 0 Å². The lowest BCUT2D eigenvalue weighted by Crippen LogP contribution is -1.87. The molecule has 0 aromatic heterocycles. The normalized spacial score (nSPS) is 9.40. The molecule has 0 aliphatic carbocycles. The Labute approximate surface area is 58.3 Å². The van der Waals surface area contributed by atoms with Crippen molar-refractivity contribution in [1.82, 2.24) is 0 Å². The third-order valence-electron chi connectivity index (χ3n) is 1.14. The van der Waals surface area contributed by atoms with Gasteiger partial charge in [0.15, 0.2) is 0 Å². The lowest BCUT2D eigenvalue weighted by Gasteiger charge is -2.00. The molecule has 0 bridgehead atoms. The molecule has 0 heterocycles. The van der Waals surface area contributed by atoms with Crippen LogP contribution in [0.1, 0.15) is 0 Å². The van der Waals surface area contributed by atoms with Crippen LogP contribution >= 0.6 is 0 Å². The van der Waals surface area contributed by atoms with Gasteiger partial charge in [0, 0.05) is 13.1 Å². The number of anilines is 1. The fourth-order valence-electron chi connectivity index (χ4n) is 0.647. The van der Waals surface area contributed by atoms with Crippen molar-refractivity contribution in [2.45, 2.75) is 0 Å². The van der Waals surface area contributed by atoms with E-state index in [0.717, 1.165) is 6.07 Å². The molecule has 0 saturated heterocycles. The smallest absolute Gasteiger partial charge is 0.149 e. The highest BCUT2D eigenvalue weighted by molar-refractivity contribution is 5.47. The van der Waals surface area contributed by atoms with Crippen LogP contribution in [-0.4, -0.2) is 5.11 Å². The van der Waals surface area contributed by atoms with Crippen molar-refractivity contribution in [1.29, 1.82) is 0 Å². The van der Waals surface area contributed by atoms with E-state index in [9.17, 15) is 4.39 Å². The summed E-state index contributed by atoms with van der Waals surface area (Å²) in [6.45, 7) is 0. The Morgan fingerprint density at radius 2 is 2.20 bits per heavy atom. The SMILES string of the molecule is [CH2]Nc1ccc(O)cc1F. The summed E-state index contributed by atoms with van der Waals surface area (Å²) >= 11 is 0. The first-order valence-corrected chi connectivity index (χ1v) is 2.75. The number of halogens is 1. The molecule has 0 unspecified atom stereocenters. The number of phenols is 1. The number of hydrogen-bond donors (Lipinski definition) is 2. The van der Waals surface area contributed by atoms with Crippen molar-refractivity contribution in [2.24, 2.45) is 0 Å². The van der Waals surface area contributed by atoms with E-state index in [1.165, 1.54) is 12.1 Å². The second-order valence-electron chi connectivity index (χ2n) is 1.84. The molecule has 0 atom stereocenters. The van der Waals surface area contributed by atoms with Gasteiger partial charge in [0.2, 0.25) is 0 Å². The molecule has 0 amide bonds. The minimum absolute atomic E-state index is 0.0866. The molecule has 10 heavy (non-hydrogen) atoms. The van der Waals surface area contributed by atoms with Crippen LogP contribution in [0.2, 0.25) is 0 Å². The van der Waals surface area contributed by atoms with Crippen LogP contribution in [0.25, 0.3) is 0 Å². The number of phenolic OH excluding ortho intramolecular Hbond substituents is 1. The molecule has 2 N–H and O–H groups in total. The largest absolute Gasteiger partial charge is 0.508 e. The maximum atomic E-state index is 12.6. The summed E-state index contributed by atoms with van der Waals surface area (Å²) < 4.78 is 12.6. The molecule has 1 radical (unpaired) electrons. The second kappa shape index (κ2) is 2.56. The van der Waals surface area contributed by atoms with Crippen molar-refractivity contribution in [3.63, 3.8) is 0 Å². The van der Waals surface area contributed by atoms with Crippen molar-refractivity contribution in [3.05, 3.63) is 31.1 Å². The van der Waals surface area contributed by atoms with Gasteiger partial charge in [-0.1, -0.05) is 0 Å². The summed E-state index contributed by atoms with van der Waals surface area (Å²) in [6, 6.07) is 3.82. The second-order valence-corrected chi connectivity index (χ2v) is 1.84. The first-order chi connectivity index (χ1) is 4.74. The molecule has 1 aromatic rings. The minimum atomic E-state index is -0.505. The van der Waals surface area contributed by atoms with Gasteiger partial charge in [-0.15, -0.1) is 0 Å². The van der Waals surface area contributed by atoms with E-state index in [1.807, 2.05) is 0 Å². The lowest BCUT2D eigenvalue weighted by molar-refractivity contribution is 0.469. The predicted molar refractivity (Wildman–Crippen MR) is 37.0 cm³/mol. The van der Waals surface area contributed by atoms with E-state index in [2.05, 4.69) is 12.4 Å². The molecule has 3 heteroatoms. The van der Waals surface area contributed by atoms with Gasteiger partial charge >= 0.3 is 0 Å². The van der Waals surface area contributed by atoms with E-state index < -0.39 is 5.82 Å². The first-order valence-electron chi connectivity index (χ1n) is 2.75. The molecule has 0 saturated carbocycles. The third-order valence-corrected chi connectivity index (χ3v) is 1.14. The van der Waals surface area contributed by atoms with Crippen LogP contribution < -0.4 is 5.32 Å². The summed E-state index contributed by atoms with van der Waals surface area (Å²) in [5.41, 5.74) is 0.276. The highest BCUT2D eigenvalue weighted by Gasteiger charge is 1.98. The molecule has 0 fully saturated rings. The quantitative estimate of drug-likeness (QED) is 0.582. The van der Waals surface area contributed by atoms with Gasteiger partial charge in [-0.05, 0) is 12.1 Å². The lowest BCUT2D eigenvalue weighted by atomic mass is 10.3. The third kappa shape index (κ3) is 1.18. The van der Waals surface area contributed by atoms with Gasteiger partial charge in [0.05, 0.1) is 5.69 Å². The summed E-state index contributed by atoms with van der Waals surface area (Å²) in [5.74, 6) is -0.591. The van der Waals surface area contributed by atoms with Gasteiger partial charge in [-0.25, -0.2) is 4.39 Å². The Balaban J connectivity index is 3.07. The summed E-state index contributed by atoms with van der Waals surface area (Å²) in [6.07, 6.45) is 0. The van der Waals surface area contributed by atoms with Crippen molar-refractivity contribution in [3.8, 4) is 5.75 Å². The predicted octanol–water partition coefficient (Wildman–Crippen LogP) is 1.73. The number of nitrogens with one attached hydrogen (secondary N) is 1. The average Bonchev–Trinajstić information content (AvgIpc) is 1.88. The van der Waals surface area contributed by atoms with Gasteiger partial charge in [-0.2, -0.15) is 0 Å². The van der Waals surface area contributed by atoms with Gasteiger partial charge in [0.1, 0.15) is 11.6 Å². The Hall–Kier alpha value is -1.25. The number of benzene rings is 1. The fourth-order valence-corrected chi connectivity index (χ4v) is 0.647. The molecule has 2 nitrogen and oxygen atoms in total. The van der Waals surface area contributed by atoms with Crippen LogP contribution in [0.5, 0.6) is 5.75 Å². The van der Waals surface area contributed by atoms with E-state index >= 15 is 0 Å². The maximum Gasteiger partial charge on any atom is 0.149 e. The molecule has 0 spiro atoms. The van der Waals surface area contributed by atoms with Crippen molar-refractivity contribution >= 4 is 5.69 Å². The van der Waals surface area contributed by atoms with Gasteiger partial charge in [-0.3, -0.25) is 0 Å². The molecular formula is C7H7FNO. The van der Waals surface area contributed by atoms with E-state index in [4.69, 9.17) is 5.11 Å². The Morgan fingerprint density at radius 1 is 1.50 bits per heavy atom. The standard InChI is InChI=1S/C7H7FNO/c1-9-7-3-2-5(10)4-6(7)8/h2-4,9-10H,1H2. The summed E-state index contributed by atoms with van der Waals surface area (Å²) in [4.78, 5) is 0. The molecule has 1 rings (SSSR count). The number of hydrogen-bond acceptors (Lipinski definition) is 2. The van der Waals surface area contributed by atoms with Gasteiger partial charge < -0.3 is 10.4 Å². The molecular weight excluding hydrogens is 133 g/mol. The zero-order chi connectivity index (χ0) is 7.56. The van der Waals surface area contributed by atoms with Gasteiger partial charge in [0.25, 0.3) is 0 Å². The molecule has 0 aliphatic heterocycles. The molecule has 0 aliphatic rings. The highest BCUT2D eigenvalue weighted by Crippen LogP contribution is 2.18. The maximum absolute atomic E-state index is 12.6. The average molecular weight is 140 g/mol. The van der Waals surface area contributed by atoms with Crippen molar-refractivity contribution in [2.75, 3.05) is 5.32 Å². The topological polar surface area (TPSA) is 32.3 Å². The van der Waals surface area contributed by atoms with Crippen LogP contribution in [0, 0.1) is 12.9 Å². The molecule has 53 valence electrons. The Morgan fingerprint density at radius 3 is 2.70 bits per heavy atom. The first kappa shape index (κ1) is 6.86. The zero-order valence-corrected chi connectivity index (χ0v) is 5.26. The van der Waals surface area contributed by atoms with Crippen LogP contribution in [0.4, 0.5) is 10.1 Å². The van der Waals surface area contributed by atoms with Crippen molar-refractivity contribution < 1.29 is 9.50 Å². The van der Waals surface area contributed by atoms with Crippen LogP contribution in [0.15, 0.2) is 18.2 Å². The monoisotopic (exact) mass is 140 g/mol. The van der Waals surface area contributed by atoms with E-state index in [1.54, 1.807) is 0 Å².